The molecule has 0 aliphatic rings. The SMILES string of the molecule is NNC(c1ccccc1Cl)c1ccc(Br)c(Cl)c1F. The first kappa shape index (κ1) is 14.8. The minimum Gasteiger partial charge on any atom is -0.271 e. The summed E-state index contributed by atoms with van der Waals surface area (Å²) in [5.74, 6) is 5.00. The van der Waals surface area contributed by atoms with Crippen LogP contribution in [-0.4, -0.2) is 0 Å². The van der Waals surface area contributed by atoms with E-state index >= 15 is 0 Å². The molecule has 100 valence electrons. The first-order valence-electron chi connectivity index (χ1n) is 5.40. The van der Waals surface area contributed by atoms with Gasteiger partial charge >= 0.3 is 0 Å². The Balaban J connectivity index is 2.55. The topological polar surface area (TPSA) is 38.0 Å². The van der Waals surface area contributed by atoms with E-state index in [9.17, 15) is 4.39 Å². The van der Waals surface area contributed by atoms with Crippen LogP contribution in [0.1, 0.15) is 17.2 Å². The molecule has 2 rings (SSSR count). The highest BCUT2D eigenvalue weighted by atomic mass is 79.9. The van der Waals surface area contributed by atoms with Gasteiger partial charge in [-0.25, -0.2) is 9.82 Å². The van der Waals surface area contributed by atoms with Crippen LogP contribution in [0.2, 0.25) is 10.0 Å². The van der Waals surface area contributed by atoms with Crippen LogP contribution < -0.4 is 11.3 Å². The van der Waals surface area contributed by atoms with E-state index in [1.807, 2.05) is 6.07 Å². The van der Waals surface area contributed by atoms with Gasteiger partial charge in [0.05, 0.1) is 11.1 Å². The van der Waals surface area contributed by atoms with Gasteiger partial charge < -0.3 is 0 Å². The summed E-state index contributed by atoms with van der Waals surface area (Å²) in [6.07, 6.45) is 0. The molecule has 0 aromatic heterocycles. The van der Waals surface area contributed by atoms with E-state index in [1.54, 1.807) is 30.3 Å². The van der Waals surface area contributed by atoms with Crippen molar-refractivity contribution in [2.45, 2.75) is 6.04 Å². The molecule has 0 amide bonds. The Bertz CT molecular complexity index is 607. The molecule has 1 atom stereocenters. The van der Waals surface area contributed by atoms with Crippen LogP contribution in [0.3, 0.4) is 0 Å². The van der Waals surface area contributed by atoms with Crippen LogP contribution in [0.25, 0.3) is 0 Å². The summed E-state index contributed by atoms with van der Waals surface area (Å²) in [7, 11) is 0. The predicted molar refractivity (Wildman–Crippen MR) is 79.7 cm³/mol. The molecule has 0 spiro atoms. The Hall–Kier alpha value is -0.650. The van der Waals surface area contributed by atoms with Gasteiger partial charge in [0.25, 0.3) is 0 Å². The second kappa shape index (κ2) is 6.20. The maximum atomic E-state index is 14.2. The van der Waals surface area contributed by atoms with Gasteiger partial charge in [0.1, 0.15) is 5.82 Å². The monoisotopic (exact) mass is 362 g/mol. The van der Waals surface area contributed by atoms with E-state index in [2.05, 4.69) is 21.4 Å². The van der Waals surface area contributed by atoms with Gasteiger partial charge in [0.15, 0.2) is 0 Å². The van der Waals surface area contributed by atoms with Crippen LogP contribution >= 0.6 is 39.1 Å². The highest BCUT2D eigenvalue weighted by molar-refractivity contribution is 9.10. The van der Waals surface area contributed by atoms with E-state index in [1.165, 1.54) is 0 Å². The van der Waals surface area contributed by atoms with Crippen molar-refractivity contribution in [2.24, 2.45) is 5.84 Å². The second-order valence-electron chi connectivity index (χ2n) is 3.89. The number of benzene rings is 2. The molecule has 0 aliphatic carbocycles. The quantitative estimate of drug-likeness (QED) is 0.480. The maximum absolute atomic E-state index is 14.2. The standard InChI is InChI=1S/C13H10BrCl2FN2/c14-9-6-5-8(12(17)11(9)16)13(19-18)7-3-1-2-4-10(7)15/h1-6,13,19H,18H2. The molecule has 2 aromatic rings. The van der Waals surface area contributed by atoms with Crippen LogP contribution in [0.15, 0.2) is 40.9 Å². The van der Waals surface area contributed by atoms with E-state index in [4.69, 9.17) is 29.0 Å². The molecule has 3 N–H and O–H groups in total. The summed E-state index contributed by atoms with van der Waals surface area (Å²) in [4.78, 5) is 0. The lowest BCUT2D eigenvalue weighted by Gasteiger charge is -2.19. The molecule has 1 unspecified atom stereocenters. The fourth-order valence-electron chi connectivity index (χ4n) is 1.82. The zero-order chi connectivity index (χ0) is 14.0. The largest absolute Gasteiger partial charge is 0.271 e. The van der Waals surface area contributed by atoms with Crippen molar-refractivity contribution in [2.75, 3.05) is 0 Å². The summed E-state index contributed by atoms with van der Waals surface area (Å²) in [6, 6.07) is 9.82. The van der Waals surface area contributed by atoms with Crippen LogP contribution in [0.5, 0.6) is 0 Å². The Labute approximate surface area is 128 Å². The van der Waals surface area contributed by atoms with Gasteiger partial charge in [-0.05, 0) is 33.6 Å². The van der Waals surface area contributed by atoms with Crippen LogP contribution in [0, 0.1) is 5.82 Å². The average Bonchev–Trinajstić information content (AvgIpc) is 2.41. The third-order valence-electron chi connectivity index (χ3n) is 2.76. The fraction of sp³-hybridized carbons (Fsp3) is 0.0769. The van der Waals surface area contributed by atoms with E-state index < -0.39 is 11.9 Å². The minimum atomic E-state index is -0.570. The number of hydrogen-bond acceptors (Lipinski definition) is 2. The van der Waals surface area contributed by atoms with Crippen molar-refractivity contribution < 1.29 is 4.39 Å². The maximum Gasteiger partial charge on any atom is 0.148 e. The number of nitrogens with one attached hydrogen (secondary N) is 1. The Kier molecular flexibility index (Phi) is 4.81. The highest BCUT2D eigenvalue weighted by Gasteiger charge is 2.21. The average molecular weight is 364 g/mol. The molecule has 0 radical (unpaired) electrons. The van der Waals surface area contributed by atoms with Crippen molar-refractivity contribution in [1.82, 2.24) is 5.43 Å². The zero-order valence-electron chi connectivity index (χ0n) is 9.63. The van der Waals surface area contributed by atoms with E-state index in [0.717, 1.165) is 0 Å². The van der Waals surface area contributed by atoms with Crippen LogP contribution in [-0.2, 0) is 0 Å². The fourth-order valence-corrected chi connectivity index (χ4v) is 2.54. The lowest BCUT2D eigenvalue weighted by molar-refractivity contribution is 0.560. The Morgan fingerprint density at radius 3 is 2.42 bits per heavy atom. The van der Waals surface area contributed by atoms with Gasteiger partial charge in [0, 0.05) is 15.1 Å². The summed E-state index contributed by atoms with van der Waals surface area (Å²) in [5.41, 5.74) is 3.59. The molecular weight excluding hydrogens is 354 g/mol. The number of halogens is 4. The third kappa shape index (κ3) is 2.93. The van der Waals surface area contributed by atoms with Gasteiger partial charge in [-0.15, -0.1) is 0 Å². The molecule has 2 aromatic carbocycles. The van der Waals surface area contributed by atoms with Crippen molar-refractivity contribution in [3.8, 4) is 0 Å². The van der Waals surface area contributed by atoms with Crippen LogP contribution in [0.4, 0.5) is 4.39 Å². The highest BCUT2D eigenvalue weighted by Crippen LogP contribution is 2.34. The molecular formula is C13H10BrCl2FN2. The van der Waals surface area contributed by atoms with E-state index in [-0.39, 0.29) is 5.02 Å². The lowest BCUT2D eigenvalue weighted by atomic mass is 9.99. The van der Waals surface area contributed by atoms with Gasteiger partial charge in [-0.2, -0.15) is 0 Å². The number of hydrazine groups is 1. The first-order chi connectivity index (χ1) is 9.06. The molecule has 0 aliphatic heterocycles. The van der Waals surface area contributed by atoms with Crippen molar-refractivity contribution in [1.29, 1.82) is 0 Å². The molecule has 19 heavy (non-hydrogen) atoms. The molecule has 0 heterocycles. The normalized spacial score (nSPS) is 12.5. The number of hydrogen-bond donors (Lipinski definition) is 2. The van der Waals surface area contributed by atoms with Crippen molar-refractivity contribution in [3.05, 3.63) is 67.9 Å². The molecule has 6 heteroatoms. The number of nitrogens with two attached hydrogens (primary N) is 1. The smallest absolute Gasteiger partial charge is 0.148 e. The molecule has 0 bridgehead atoms. The zero-order valence-corrected chi connectivity index (χ0v) is 12.7. The summed E-state index contributed by atoms with van der Waals surface area (Å²) < 4.78 is 14.7. The number of rotatable bonds is 3. The Morgan fingerprint density at radius 2 is 1.79 bits per heavy atom. The summed E-state index contributed by atoms with van der Waals surface area (Å²) in [5, 5.41) is 0.522. The second-order valence-corrected chi connectivity index (χ2v) is 5.53. The molecule has 2 nitrogen and oxygen atoms in total. The van der Waals surface area contributed by atoms with Gasteiger partial charge in [0.2, 0.25) is 0 Å². The Morgan fingerprint density at radius 1 is 1.11 bits per heavy atom. The summed E-state index contributed by atoms with van der Waals surface area (Å²) in [6.45, 7) is 0. The molecule has 0 fully saturated rings. The molecule has 0 saturated heterocycles. The predicted octanol–water partition coefficient (Wildman–Crippen LogP) is 4.45. The van der Waals surface area contributed by atoms with Gasteiger partial charge in [-0.1, -0.05) is 47.5 Å². The first-order valence-corrected chi connectivity index (χ1v) is 6.95. The lowest BCUT2D eigenvalue weighted by Crippen LogP contribution is -2.29. The minimum absolute atomic E-state index is 0.0183. The molecule has 0 saturated carbocycles. The van der Waals surface area contributed by atoms with E-state index in [0.29, 0.717) is 20.6 Å². The van der Waals surface area contributed by atoms with Crippen molar-refractivity contribution >= 4 is 39.1 Å². The summed E-state index contributed by atoms with van der Waals surface area (Å²) >= 11 is 15.2. The third-order valence-corrected chi connectivity index (χ3v) is 4.36. The van der Waals surface area contributed by atoms with Crippen molar-refractivity contribution in [3.63, 3.8) is 0 Å². The van der Waals surface area contributed by atoms with Gasteiger partial charge in [-0.3, -0.25) is 5.84 Å².